The summed E-state index contributed by atoms with van der Waals surface area (Å²) in [6.07, 6.45) is 5.57. The number of fused-ring (bicyclic) bond motifs is 2. The molecule has 30 heavy (non-hydrogen) atoms. The van der Waals surface area contributed by atoms with E-state index < -0.39 is 5.91 Å². The fraction of sp³-hybridized carbons (Fsp3) is 0.250. The van der Waals surface area contributed by atoms with E-state index >= 15 is 0 Å². The van der Waals surface area contributed by atoms with Gasteiger partial charge >= 0.3 is 5.91 Å². The highest BCUT2D eigenvalue weighted by molar-refractivity contribution is 7.16. The van der Waals surface area contributed by atoms with E-state index in [1.165, 1.54) is 16.9 Å². The quantitative estimate of drug-likeness (QED) is 0.411. The van der Waals surface area contributed by atoms with Gasteiger partial charge in [0.25, 0.3) is 0 Å². The topological polar surface area (TPSA) is 56.7 Å². The lowest BCUT2D eigenvalue weighted by Gasteiger charge is -2.05. The molecule has 2 aromatic carbocycles. The van der Waals surface area contributed by atoms with Crippen molar-refractivity contribution in [1.82, 2.24) is 4.57 Å². The second-order valence-corrected chi connectivity index (χ2v) is 8.20. The fourth-order valence-corrected chi connectivity index (χ4v) is 4.41. The maximum Gasteiger partial charge on any atom is 0.315 e. The zero-order valence-electron chi connectivity index (χ0n) is 17.1. The molecule has 0 aliphatic rings. The zero-order valence-corrected chi connectivity index (χ0v) is 18.0. The minimum absolute atomic E-state index is 0.171. The molecular formula is C24H22N2O3S. The lowest BCUT2D eigenvalue weighted by molar-refractivity contribution is 0.0973. The summed E-state index contributed by atoms with van der Waals surface area (Å²) in [7, 11) is 0. The number of thiazole rings is 1. The molecule has 4 rings (SSSR count). The van der Waals surface area contributed by atoms with Gasteiger partial charge in [-0.2, -0.15) is 4.99 Å². The molecule has 1 amide bonds. The number of carbonyl (C=O) groups excluding carboxylic acids is 1. The number of nitrogens with zero attached hydrogens (tertiary/aromatic N) is 2. The smallest absolute Gasteiger partial charge is 0.315 e. The fourth-order valence-electron chi connectivity index (χ4n) is 3.33. The number of aromatic nitrogens is 1. The third kappa shape index (κ3) is 3.64. The van der Waals surface area contributed by atoms with Crippen LogP contribution in [0.4, 0.5) is 0 Å². The Morgan fingerprint density at radius 2 is 2.13 bits per heavy atom. The van der Waals surface area contributed by atoms with Gasteiger partial charge in [-0.25, -0.2) is 0 Å². The van der Waals surface area contributed by atoms with Gasteiger partial charge in [-0.05, 0) is 42.7 Å². The van der Waals surface area contributed by atoms with Crippen LogP contribution in [0.1, 0.15) is 42.8 Å². The van der Waals surface area contributed by atoms with Crippen LogP contribution in [-0.2, 0) is 6.54 Å². The zero-order chi connectivity index (χ0) is 21.3. The normalized spacial score (nSPS) is 12.0. The third-order valence-corrected chi connectivity index (χ3v) is 5.88. The molecule has 0 bridgehead atoms. The second kappa shape index (κ2) is 8.21. The second-order valence-electron chi connectivity index (χ2n) is 7.19. The molecule has 0 aliphatic carbocycles. The number of amides is 1. The van der Waals surface area contributed by atoms with Crippen molar-refractivity contribution in [2.24, 2.45) is 4.99 Å². The Labute approximate surface area is 178 Å². The number of hydrogen-bond donors (Lipinski definition) is 0. The van der Waals surface area contributed by atoms with Crippen LogP contribution in [0, 0.1) is 12.3 Å². The van der Waals surface area contributed by atoms with Gasteiger partial charge in [-0.1, -0.05) is 49.3 Å². The third-order valence-electron chi connectivity index (χ3n) is 4.84. The molecule has 0 radical (unpaired) electrons. The van der Waals surface area contributed by atoms with Gasteiger partial charge in [-0.15, -0.1) is 6.42 Å². The van der Waals surface area contributed by atoms with E-state index in [1.54, 1.807) is 6.07 Å². The lowest BCUT2D eigenvalue weighted by Crippen LogP contribution is -2.16. The Morgan fingerprint density at radius 1 is 1.30 bits per heavy atom. The molecule has 6 heteroatoms. The molecule has 152 valence electrons. The number of carbonyl (C=O) groups is 1. The van der Waals surface area contributed by atoms with Crippen molar-refractivity contribution in [3.8, 4) is 18.1 Å². The van der Waals surface area contributed by atoms with Crippen LogP contribution in [-0.4, -0.2) is 17.1 Å². The molecule has 2 heterocycles. The van der Waals surface area contributed by atoms with Gasteiger partial charge in [0.2, 0.25) is 0 Å². The minimum atomic E-state index is -0.449. The molecule has 0 saturated heterocycles. The molecule has 0 spiro atoms. The van der Waals surface area contributed by atoms with E-state index in [4.69, 9.17) is 15.6 Å². The summed E-state index contributed by atoms with van der Waals surface area (Å²) in [5.74, 6) is 3.40. The summed E-state index contributed by atoms with van der Waals surface area (Å²) in [5.41, 5.74) is 2.75. The van der Waals surface area contributed by atoms with Gasteiger partial charge in [0, 0.05) is 5.39 Å². The molecule has 0 aliphatic heterocycles. The average Bonchev–Trinajstić information content (AvgIpc) is 3.30. The first-order valence-electron chi connectivity index (χ1n) is 9.83. The highest BCUT2D eigenvalue weighted by atomic mass is 32.1. The van der Waals surface area contributed by atoms with Crippen LogP contribution in [0.15, 0.2) is 51.9 Å². The highest BCUT2D eigenvalue weighted by Crippen LogP contribution is 2.29. The van der Waals surface area contributed by atoms with E-state index in [0.29, 0.717) is 35.2 Å². The summed E-state index contributed by atoms with van der Waals surface area (Å²) in [4.78, 5) is 17.8. The van der Waals surface area contributed by atoms with Crippen molar-refractivity contribution in [3.05, 3.63) is 58.6 Å². The average molecular weight is 419 g/mol. The van der Waals surface area contributed by atoms with Crippen molar-refractivity contribution in [2.45, 2.75) is 33.2 Å². The van der Waals surface area contributed by atoms with Gasteiger partial charge in [0.15, 0.2) is 21.9 Å². The van der Waals surface area contributed by atoms with Crippen LogP contribution < -0.4 is 9.54 Å². The highest BCUT2D eigenvalue weighted by Gasteiger charge is 2.16. The molecule has 0 fully saturated rings. The summed E-state index contributed by atoms with van der Waals surface area (Å²) in [5, 5.41) is 0.800. The number of hydrogen-bond acceptors (Lipinski definition) is 4. The SMILES string of the molecule is C#CCn1c(=NC(=O)c2cc3cccc(OCC)c3o2)sc2cc(C(C)C)ccc21. The first-order valence-corrected chi connectivity index (χ1v) is 10.6. The van der Waals surface area contributed by atoms with E-state index in [1.807, 2.05) is 35.8 Å². The van der Waals surface area contributed by atoms with Crippen LogP contribution in [0.3, 0.4) is 0 Å². The predicted molar refractivity (Wildman–Crippen MR) is 120 cm³/mol. The van der Waals surface area contributed by atoms with Gasteiger partial charge in [-0.3, -0.25) is 4.79 Å². The first-order chi connectivity index (χ1) is 14.5. The molecule has 2 aromatic heterocycles. The molecule has 0 atom stereocenters. The number of rotatable bonds is 5. The summed E-state index contributed by atoms with van der Waals surface area (Å²) >= 11 is 1.45. The number of furan rings is 1. The van der Waals surface area contributed by atoms with Crippen molar-refractivity contribution in [3.63, 3.8) is 0 Å². The van der Waals surface area contributed by atoms with Crippen molar-refractivity contribution in [1.29, 1.82) is 0 Å². The lowest BCUT2D eigenvalue weighted by atomic mass is 10.0. The molecular weight excluding hydrogens is 396 g/mol. The molecule has 5 nitrogen and oxygen atoms in total. The Kier molecular flexibility index (Phi) is 5.47. The maximum absolute atomic E-state index is 12.9. The monoisotopic (exact) mass is 418 g/mol. The largest absolute Gasteiger partial charge is 0.490 e. The molecule has 0 N–H and O–H groups in total. The van der Waals surface area contributed by atoms with E-state index in [9.17, 15) is 4.79 Å². The van der Waals surface area contributed by atoms with Crippen LogP contribution in [0.25, 0.3) is 21.2 Å². The van der Waals surface area contributed by atoms with Crippen molar-refractivity contribution >= 4 is 38.4 Å². The van der Waals surface area contributed by atoms with E-state index in [2.05, 4.69) is 36.9 Å². The Morgan fingerprint density at radius 3 is 2.87 bits per heavy atom. The summed E-state index contributed by atoms with van der Waals surface area (Å²) in [6.45, 7) is 7.05. The molecule has 0 saturated carbocycles. The molecule has 4 aromatic rings. The first kappa shape index (κ1) is 20.0. The van der Waals surface area contributed by atoms with Crippen LogP contribution in [0.5, 0.6) is 5.75 Å². The van der Waals surface area contributed by atoms with Crippen molar-refractivity contribution < 1.29 is 13.9 Å². The minimum Gasteiger partial charge on any atom is -0.490 e. The maximum atomic E-state index is 12.9. The Balaban J connectivity index is 1.81. The van der Waals surface area contributed by atoms with Crippen LogP contribution in [0.2, 0.25) is 0 Å². The number of benzene rings is 2. The van der Waals surface area contributed by atoms with E-state index in [-0.39, 0.29) is 5.76 Å². The number of ether oxygens (including phenoxy) is 1. The summed E-state index contributed by atoms with van der Waals surface area (Å²) in [6, 6.07) is 13.5. The van der Waals surface area contributed by atoms with Crippen LogP contribution >= 0.6 is 11.3 Å². The number of para-hydroxylation sites is 1. The predicted octanol–water partition coefficient (Wildman–Crippen LogP) is 5.35. The summed E-state index contributed by atoms with van der Waals surface area (Å²) < 4.78 is 14.3. The van der Waals surface area contributed by atoms with Gasteiger partial charge in [0.05, 0.1) is 23.4 Å². The van der Waals surface area contributed by atoms with E-state index in [0.717, 1.165) is 15.6 Å². The van der Waals surface area contributed by atoms with Crippen molar-refractivity contribution in [2.75, 3.05) is 6.61 Å². The van der Waals surface area contributed by atoms with Gasteiger partial charge < -0.3 is 13.7 Å². The Hall–Kier alpha value is -3.30. The van der Waals surface area contributed by atoms with Gasteiger partial charge in [0.1, 0.15) is 0 Å². The standard InChI is InChI=1S/C24H22N2O3S/c1-5-12-26-18-11-10-16(15(3)4)14-21(18)30-24(26)25-23(27)20-13-17-8-7-9-19(28-6-2)22(17)29-20/h1,7-11,13-15H,6,12H2,2-4H3. The molecule has 0 unspecified atom stereocenters. The Bertz CT molecular complexity index is 1350. The number of terminal acetylenes is 1.